The van der Waals surface area contributed by atoms with Crippen LogP contribution in [0.1, 0.15) is 16.5 Å². The summed E-state index contributed by atoms with van der Waals surface area (Å²) in [7, 11) is 0. The lowest BCUT2D eigenvalue weighted by Gasteiger charge is -2.10. The number of aromatic nitrogens is 1. The number of halogens is 2. The number of esters is 1. The molecule has 0 saturated carbocycles. The Morgan fingerprint density at radius 2 is 2.03 bits per heavy atom. The molecule has 0 aliphatic rings. The van der Waals surface area contributed by atoms with Crippen LogP contribution in [0.15, 0.2) is 57.1 Å². The number of carbonyl (C=O) groups excluding carboxylic acids is 1. The normalized spacial score (nSPS) is 11.4. The predicted octanol–water partition coefficient (Wildman–Crippen LogP) is 5.94. The molecule has 156 valence electrons. The van der Waals surface area contributed by atoms with E-state index < -0.39 is 17.2 Å². The Hall–Kier alpha value is -3.29. The smallest absolute Gasteiger partial charge is 0.336 e. The molecule has 0 aliphatic carbocycles. The topological polar surface area (TPSA) is 69.4 Å². The van der Waals surface area contributed by atoms with Gasteiger partial charge in [-0.15, -0.1) is 11.3 Å². The molecule has 2 aromatic heterocycles. The van der Waals surface area contributed by atoms with Crippen molar-refractivity contribution in [1.82, 2.24) is 4.98 Å². The minimum Gasteiger partial charge on any atom is -0.460 e. The second kappa shape index (κ2) is 8.45. The Morgan fingerprint density at radius 3 is 2.74 bits per heavy atom. The summed E-state index contributed by atoms with van der Waals surface area (Å²) in [6.07, 6.45) is 2.82. The molecule has 0 saturated heterocycles. The zero-order valence-corrected chi connectivity index (χ0v) is 18.0. The van der Waals surface area contributed by atoms with Gasteiger partial charge in [-0.25, -0.2) is 14.2 Å². The van der Waals surface area contributed by atoms with Crippen molar-refractivity contribution in [3.8, 4) is 16.9 Å². The van der Waals surface area contributed by atoms with Crippen molar-refractivity contribution in [1.29, 1.82) is 0 Å². The lowest BCUT2D eigenvalue weighted by atomic mass is 10.0. The van der Waals surface area contributed by atoms with E-state index in [0.717, 1.165) is 5.01 Å². The maximum Gasteiger partial charge on any atom is 0.336 e. The Bertz CT molecular complexity index is 1390. The lowest BCUT2D eigenvalue weighted by molar-refractivity contribution is -0.128. The second-order valence-corrected chi connectivity index (χ2v) is 8.13. The Balaban J connectivity index is 1.67. The van der Waals surface area contributed by atoms with Crippen molar-refractivity contribution < 1.29 is 18.3 Å². The molecule has 0 spiro atoms. The number of aryl methyl sites for hydroxylation is 2. The first-order valence-corrected chi connectivity index (χ1v) is 10.4. The molecular formula is C23H15ClFNO4S. The number of hydrogen-bond acceptors (Lipinski definition) is 6. The van der Waals surface area contributed by atoms with E-state index in [1.807, 2.05) is 12.3 Å². The van der Waals surface area contributed by atoms with Gasteiger partial charge in [-0.1, -0.05) is 17.7 Å². The minimum absolute atomic E-state index is 0.00441. The van der Waals surface area contributed by atoms with Crippen LogP contribution < -0.4 is 10.2 Å². The fourth-order valence-corrected chi connectivity index (χ4v) is 3.97. The highest BCUT2D eigenvalue weighted by molar-refractivity contribution is 7.09. The summed E-state index contributed by atoms with van der Waals surface area (Å²) in [5, 5.41) is 3.05. The standard InChI is InChI=1S/C23H15ClFNO4S/c1-12-21(22-17(24)4-3-5-18(22)25)23(28)16-8-7-15(10-19(16)29-12)30-20(27)9-6-14-11-31-13(2)26-14/h3-11H,1-2H3. The van der Waals surface area contributed by atoms with Crippen molar-refractivity contribution in [2.45, 2.75) is 13.8 Å². The number of rotatable bonds is 4. The van der Waals surface area contributed by atoms with E-state index in [1.54, 1.807) is 13.0 Å². The average Bonchev–Trinajstić information content (AvgIpc) is 3.13. The number of hydrogen-bond donors (Lipinski definition) is 0. The highest BCUT2D eigenvalue weighted by Crippen LogP contribution is 2.32. The number of fused-ring (bicyclic) bond motifs is 1. The van der Waals surface area contributed by atoms with Crippen LogP contribution in [0, 0.1) is 19.7 Å². The first kappa shape index (κ1) is 21.0. The molecule has 31 heavy (non-hydrogen) atoms. The van der Waals surface area contributed by atoms with Gasteiger partial charge in [0.05, 0.1) is 26.7 Å². The molecule has 0 atom stereocenters. The fourth-order valence-electron chi connectivity index (χ4n) is 3.14. The number of thiazole rings is 1. The van der Waals surface area contributed by atoms with Crippen molar-refractivity contribution in [3.05, 3.63) is 85.4 Å². The van der Waals surface area contributed by atoms with E-state index in [-0.39, 0.29) is 38.6 Å². The molecule has 2 aromatic carbocycles. The summed E-state index contributed by atoms with van der Waals surface area (Å²) in [6, 6.07) is 8.58. The van der Waals surface area contributed by atoms with Crippen LogP contribution in [0.25, 0.3) is 28.2 Å². The third-order valence-electron chi connectivity index (χ3n) is 4.50. The van der Waals surface area contributed by atoms with Crippen molar-refractivity contribution >= 4 is 46.0 Å². The van der Waals surface area contributed by atoms with Gasteiger partial charge in [-0.05, 0) is 44.2 Å². The van der Waals surface area contributed by atoms with Crippen LogP contribution in [-0.4, -0.2) is 11.0 Å². The molecule has 0 unspecified atom stereocenters. The van der Waals surface area contributed by atoms with E-state index in [4.69, 9.17) is 20.8 Å². The van der Waals surface area contributed by atoms with Crippen molar-refractivity contribution in [2.24, 2.45) is 0 Å². The number of nitrogens with zero attached hydrogens (tertiary/aromatic N) is 1. The maximum absolute atomic E-state index is 14.4. The van der Waals surface area contributed by atoms with Crippen LogP contribution in [-0.2, 0) is 4.79 Å². The first-order valence-electron chi connectivity index (χ1n) is 9.17. The van der Waals surface area contributed by atoms with Crippen LogP contribution >= 0.6 is 22.9 Å². The van der Waals surface area contributed by atoms with Gasteiger partial charge < -0.3 is 9.15 Å². The van der Waals surface area contributed by atoms with Gasteiger partial charge in [0.15, 0.2) is 0 Å². The maximum atomic E-state index is 14.4. The molecule has 0 radical (unpaired) electrons. The van der Waals surface area contributed by atoms with Gasteiger partial charge in [-0.2, -0.15) is 0 Å². The third-order valence-corrected chi connectivity index (χ3v) is 5.60. The van der Waals surface area contributed by atoms with E-state index in [1.165, 1.54) is 53.8 Å². The highest BCUT2D eigenvalue weighted by atomic mass is 35.5. The van der Waals surface area contributed by atoms with Gasteiger partial charge in [0.2, 0.25) is 5.43 Å². The molecule has 4 aromatic rings. The Morgan fingerprint density at radius 1 is 1.23 bits per heavy atom. The molecular weight excluding hydrogens is 441 g/mol. The summed E-state index contributed by atoms with van der Waals surface area (Å²) in [5.41, 5.74) is 0.501. The SMILES string of the molecule is Cc1nc(C=CC(=O)Oc2ccc3c(=O)c(-c4c(F)cccc4Cl)c(C)oc3c2)cs1. The Labute approximate surface area is 185 Å². The molecule has 0 fully saturated rings. The summed E-state index contributed by atoms with van der Waals surface area (Å²) in [6.45, 7) is 3.42. The molecule has 2 heterocycles. The molecule has 0 amide bonds. The zero-order chi connectivity index (χ0) is 22.1. The van der Waals surface area contributed by atoms with Crippen molar-refractivity contribution in [3.63, 3.8) is 0 Å². The quantitative estimate of drug-likeness (QED) is 0.216. The van der Waals surface area contributed by atoms with E-state index in [9.17, 15) is 14.0 Å². The van der Waals surface area contributed by atoms with Gasteiger partial charge in [0.1, 0.15) is 22.9 Å². The summed E-state index contributed by atoms with van der Waals surface area (Å²) >= 11 is 7.61. The molecule has 8 heteroatoms. The molecule has 0 aliphatic heterocycles. The van der Waals surface area contributed by atoms with Crippen molar-refractivity contribution in [2.75, 3.05) is 0 Å². The van der Waals surface area contributed by atoms with Gasteiger partial charge in [0.25, 0.3) is 0 Å². The predicted molar refractivity (Wildman–Crippen MR) is 119 cm³/mol. The summed E-state index contributed by atoms with van der Waals surface area (Å²) < 4.78 is 25.4. The lowest BCUT2D eigenvalue weighted by Crippen LogP contribution is -2.09. The second-order valence-electron chi connectivity index (χ2n) is 6.66. The van der Waals surface area contributed by atoms with Gasteiger partial charge in [-0.3, -0.25) is 4.79 Å². The zero-order valence-electron chi connectivity index (χ0n) is 16.4. The van der Waals surface area contributed by atoms with Gasteiger partial charge >= 0.3 is 5.97 Å². The number of benzene rings is 2. The summed E-state index contributed by atoms with van der Waals surface area (Å²) in [4.78, 5) is 29.4. The van der Waals surface area contributed by atoms with E-state index >= 15 is 0 Å². The molecule has 5 nitrogen and oxygen atoms in total. The largest absolute Gasteiger partial charge is 0.460 e. The average molecular weight is 456 g/mol. The van der Waals surface area contributed by atoms with E-state index in [0.29, 0.717) is 5.69 Å². The molecule has 0 N–H and O–H groups in total. The minimum atomic E-state index is -0.616. The highest BCUT2D eigenvalue weighted by Gasteiger charge is 2.19. The fraction of sp³-hybridized carbons (Fsp3) is 0.0870. The number of carbonyl (C=O) groups is 1. The summed E-state index contributed by atoms with van der Waals surface area (Å²) in [5.74, 6) is -0.809. The Kier molecular flexibility index (Phi) is 5.71. The monoisotopic (exact) mass is 455 g/mol. The number of ether oxygens (including phenoxy) is 1. The van der Waals surface area contributed by atoms with Crippen LogP contribution in [0.2, 0.25) is 5.02 Å². The molecule has 0 bridgehead atoms. The van der Waals surface area contributed by atoms with E-state index in [2.05, 4.69) is 4.98 Å². The molecule has 4 rings (SSSR count). The van der Waals surface area contributed by atoms with Crippen LogP contribution in [0.5, 0.6) is 5.75 Å². The van der Waals surface area contributed by atoms with Gasteiger partial charge in [0, 0.05) is 23.1 Å². The van der Waals surface area contributed by atoms with Crippen LogP contribution in [0.3, 0.4) is 0 Å². The third kappa shape index (κ3) is 4.28. The first-order chi connectivity index (χ1) is 14.8. The van der Waals surface area contributed by atoms with Crippen LogP contribution in [0.4, 0.5) is 4.39 Å².